The summed E-state index contributed by atoms with van der Waals surface area (Å²) in [6.45, 7) is 2.46. The Morgan fingerprint density at radius 1 is 0.688 bits per heavy atom. The standard InChI is InChI=1S/C7H4F9/c1-2-3-4(8,6(11,12)13)5(9,10)7(14,15)16/h2-3H,1H2/b3-2+. The van der Waals surface area contributed by atoms with Gasteiger partial charge in [0.2, 0.25) is 0 Å². The second-order valence-corrected chi connectivity index (χ2v) is 2.68. The van der Waals surface area contributed by atoms with Crippen LogP contribution in [0.1, 0.15) is 0 Å². The maximum atomic E-state index is 12.9. The van der Waals surface area contributed by atoms with Crippen molar-refractivity contribution >= 4 is 0 Å². The van der Waals surface area contributed by atoms with Crippen LogP contribution in [0.4, 0.5) is 39.5 Å². The van der Waals surface area contributed by atoms with E-state index in [-0.39, 0.29) is 6.08 Å². The van der Waals surface area contributed by atoms with Crippen molar-refractivity contribution in [1.82, 2.24) is 0 Å². The first-order valence-electron chi connectivity index (χ1n) is 3.48. The van der Waals surface area contributed by atoms with Crippen molar-refractivity contribution < 1.29 is 39.5 Å². The maximum Gasteiger partial charge on any atom is 0.457 e. The Morgan fingerprint density at radius 3 is 1.25 bits per heavy atom. The largest absolute Gasteiger partial charge is 0.457 e. The van der Waals surface area contributed by atoms with E-state index in [4.69, 9.17) is 0 Å². The summed E-state index contributed by atoms with van der Waals surface area (Å²) < 4.78 is 108. The third-order valence-electron chi connectivity index (χ3n) is 1.57. The van der Waals surface area contributed by atoms with Crippen LogP contribution in [0, 0.1) is 6.92 Å². The number of hydrogen-bond donors (Lipinski definition) is 0. The van der Waals surface area contributed by atoms with Gasteiger partial charge in [0.15, 0.2) is 0 Å². The van der Waals surface area contributed by atoms with E-state index in [2.05, 4.69) is 6.92 Å². The minimum atomic E-state index is -6.67. The fourth-order valence-corrected chi connectivity index (χ4v) is 0.746. The highest BCUT2D eigenvalue weighted by atomic mass is 19.4. The zero-order chi connectivity index (χ0) is 13.4. The molecule has 0 aliphatic heterocycles. The minimum Gasteiger partial charge on any atom is -0.222 e. The van der Waals surface area contributed by atoms with Crippen LogP contribution in [0.2, 0.25) is 0 Å². The van der Waals surface area contributed by atoms with E-state index in [1.807, 2.05) is 0 Å². The molecular formula is C7H4F9. The third-order valence-corrected chi connectivity index (χ3v) is 1.57. The molecular weight excluding hydrogens is 255 g/mol. The summed E-state index contributed by atoms with van der Waals surface area (Å²) in [7, 11) is 0. The van der Waals surface area contributed by atoms with Crippen LogP contribution in [-0.4, -0.2) is 23.9 Å². The molecule has 0 heterocycles. The molecule has 0 saturated heterocycles. The average molecular weight is 259 g/mol. The molecule has 0 fully saturated rings. The Balaban J connectivity index is 5.74. The molecule has 0 spiro atoms. The van der Waals surface area contributed by atoms with Crippen molar-refractivity contribution in [3.05, 3.63) is 19.1 Å². The van der Waals surface area contributed by atoms with Gasteiger partial charge in [0.1, 0.15) is 0 Å². The van der Waals surface area contributed by atoms with Crippen molar-refractivity contribution in [1.29, 1.82) is 0 Å². The number of rotatable bonds is 2. The Kier molecular flexibility index (Phi) is 3.63. The molecule has 0 saturated carbocycles. The van der Waals surface area contributed by atoms with Gasteiger partial charge in [-0.3, -0.25) is 0 Å². The molecule has 9 heteroatoms. The van der Waals surface area contributed by atoms with Crippen LogP contribution in [-0.2, 0) is 0 Å². The summed E-state index contributed by atoms with van der Waals surface area (Å²) in [5, 5.41) is 0. The monoisotopic (exact) mass is 259 g/mol. The normalized spacial score (nSPS) is 18.9. The van der Waals surface area contributed by atoms with E-state index in [0.29, 0.717) is 0 Å². The summed E-state index contributed by atoms with van der Waals surface area (Å²) in [5.74, 6) is -6.59. The summed E-state index contributed by atoms with van der Waals surface area (Å²) in [6.07, 6.45) is -14.2. The van der Waals surface area contributed by atoms with Gasteiger partial charge in [-0.2, -0.15) is 35.1 Å². The molecule has 0 aliphatic rings. The van der Waals surface area contributed by atoms with Crippen molar-refractivity contribution in [2.24, 2.45) is 0 Å². The number of allylic oxidation sites excluding steroid dienone is 2. The molecule has 1 atom stereocenters. The first-order chi connectivity index (χ1) is 6.81. The predicted octanol–water partition coefficient (Wildman–Crippen LogP) is 3.84. The first kappa shape index (κ1) is 15.1. The van der Waals surface area contributed by atoms with Gasteiger partial charge in [-0.05, 0) is 13.0 Å². The van der Waals surface area contributed by atoms with Crippen molar-refractivity contribution in [3.63, 3.8) is 0 Å². The van der Waals surface area contributed by atoms with E-state index in [0.717, 1.165) is 0 Å². The van der Waals surface area contributed by atoms with Gasteiger partial charge in [-0.1, -0.05) is 6.08 Å². The number of hydrogen-bond acceptors (Lipinski definition) is 0. The van der Waals surface area contributed by atoms with Gasteiger partial charge in [0.05, 0.1) is 0 Å². The fourth-order valence-electron chi connectivity index (χ4n) is 0.746. The Hall–Kier alpha value is -0.890. The quantitative estimate of drug-likeness (QED) is 0.661. The summed E-state index contributed by atoms with van der Waals surface area (Å²) >= 11 is 0. The molecule has 16 heavy (non-hydrogen) atoms. The molecule has 0 aliphatic carbocycles. The summed E-state index contributed by atoms with van der Waals surface area (Å²) in [4.78, 5) is 0. The molecule has 1 radical (unpaired) electrons. The van der Waals surface area contributed by atoms with Crippen LogP contribution in [0.5, 0.6) is 0 Å². The van der Waals surface area contributed by atoms with Crippen LogP contribution >= 0.6 is 0 Å². The first-order valence-corrected chi connectivity index (χ1v) is 3.48. The van der Waals surface area contributed by atoms with E-state index in [9.17, 15) is 39.5 Å². The van der Waals surface area contributed by atoms with Crippen molar-refractivity contribution in [2.45, 2.75) is 23.9 Å². The molecule has 95 valence electrons. The van der Waals surface area contributed by atoms with Gasteiger partial charge in [-0.15, -0.1) is 0 Å². The van der Waals surface area contributed by atoms with Gasteiger partial charge < -0.3 is 0 Å². The Morgan fingerprint density at radius 2 is 1.06 bits per heavy atom. The van der Waals surface area contributed by atoms with Gasteiger partial charge >= 0.3 is 18.3 Å². The van der Waals surface area contributed by atoms with Gasteiger partial charge in [-0.25, -0.2) is 4.39 Å². The number of alkyl halides is 9. The molecule has 0 nitrogen and oxygen atoms in total. The second-order valence-electron chi connectivity index (χ2n) is 2.68. The summed E-state index contributed by atoms with van der Waals surface area (Å²) in [6, 6.07) is 0. The van der Waals surface area contributed by atoms with E-state index >= 15 is 0 Å². The highest BCUT2D eigenvalue weighted by molar-refractivity contribution is 5.16. The van der Waals surface area contributed by atoms with Crippen LogP contribution in [0.3, 0.4) is 0 Å². The Labute approximate surface area is 83.7 Å². The third kappa shape index (κ3) is 2.12. The van der Waals surface area contributed by atoms with Gasteiger partial charge in [0.25, 0.3) is 5.67 Å². The minimum absolute atomic E-state index is 0.118. The lowest BCUT2D eigenvalue weighted by molar-refractivity contribution is -0.369. The lowest BCUT2D eigenvalue weighted by Crippen LogP contribution is -2.60. The lowest BCUT2D eigenvalue weighted by Gasteiger charge is -2.33. The van der Waals surface area contributed by atoms with E-state index in [1.54, 1.807) is 0 Å². The van der Waals surface area contributed by atoms with Crippen LogP contribution in [0.25, 0.3) is 0 Å². The fraction of sp³-hybridized carbons (Fsp3) is 0.571. The second kappa shape index (κ2) is 3.85. The highest BCUT2D eigenvalue weighted by Gasteiger charge is 2.79. The molecule has 0 aromatic heterocycles. The lowest BCUT2D eigenvalue weighted by atomic mass is 9.95. The molecule has 0 amide bonds. The van der Waals surface area contributed by atoms with Crippen molar-refractivity contribution in [3.8, 4) is 0 Å². The zero-order valence-corrected chi connectivity index (χ0v) is 7.26. The van der Waals surface area contributed by atoms with Crippen LogP contribution < -0.4 is 0 Å². The molecule has 0 bridgehead atoms. The topological polar surface area (TPSA) is 0 Å². The van der Waals surface area contributed by atoms with E-state index < -0.39 is 30.0 Å². The van der Waals surface area contributed by atoms with Crippen molar-refractivity contribution in [2.75, 3.05) is 0 Å². The molecule has 0 aromatic carbocycles. The molecule has 0 aromatic rings. The maximum absolute atomic E-state index is 12.9. The highest BCUT2D eigenvalue weighted by Crippen LogP contribution is 2.53. The van der Waals surface area contributed by atoms with E-state index in [1.165, 1.54) is 0 Å². The molecule has 0 N–H and O–H groups in total. The molecule has 0 rings (SSSR count). The Bertz CT molecular complexity index is 271. The average Bonchev–Trinajstić information content (AvgIpc) is 1.99. The number of halogens is 9. The predicted molar refractivity (Wildman–Crippen MR) is 35.4 cm³/mol. The smallest absolute Gasteiger partial charge is 0.222 e. The van der Waals surface area contributed by atoms with Gasteiger partial charge in [0, 0.05) is 0 Å². The molecule has 1 unspecified atom stereocenters. The summed E-state index contributed by atoms with van der Waals surface area (Å²) in [5.41, 5.74) is -5.83. The van der Waals surface area contributed by atoms with Crippen LogP contribution in [0.15, 0.2) is 12.2 Å². The zero-order valence-electron chi connectivity index (χ0n) is 7.26. The SMILES string of the molecule is [CH2]/C=C/C(F)(C(F)(F)F)C(F)(F)C(F)(F)F.